The number of ether oxygens (including phenoxy) is 9. The lowest BCUT2D eigenvalue weighted by Crippen LogP contribution is -2.56. The number of hydrogen-bond acceptors (Lipinski definition) is 15. The fourth-order valence-electron chi connectivity index (χ4n) is 10.8. The number of nitro groups is 1. The molecule has 9 rings (SSSR count). The fraction of sp³-hybridized carbons (Fsp3) is 0.760. The van der Waals surface area contributed by atoms with Crippen LogP contribution in [0.15, 0.2) is 48.6 Å². The summed E-state index contributed by atoms with van der Waals surface area (Å²) in [6, 6.07) is 5.24. The van der Waals surface area contributed by atoms with E-state index in [2.05, 4.69) is 65.8 Å². The number of methoxy groups -OCH3 is 2. The van der Waals surface area contributed by atoms with Crippen molar-refractivity contribution in [2.75, 3.05) is 45.9 Å². The van der Waals surface area contributed by atoms with Crippen molar-refractivity contribution in [1.82, 2.24) is 4.90 Å². The van der Waals surface area contributed by atoms with Crippen LogP contribution in [0.4, 0.5) is 15.3 Å². The maximum atomic E-state index is 12.6. The van der Waals surface area contributed by atoms with Gasteiger partial charge >= 0.3 is 12.2 Å². The van der Waals surface area contributed by atoms with Crippen molar-refractivity contribution in [3.05, 3.63) is 58.7 Å². The van der Waals surface area contributed by atoms with E-state index < -0.39 is 35.0 Å². The van der Waals surface area contributed by atoms with E-state index in [9.17, 15) is 24.8 Å². The topological polar surface area (TPSA) is 217 Å². The van der Waals surface area contributed by atoms with Crippen molar-refractivity contribution < 1.29 is 67.4 Å². The minimum absolute atomic E-state index is 0.00234. The number of rotatable bonds is 12. The van der Waals surface area contributed by atoms with E-state index in [0.717, 1.165) is 25.7 Å². The number of non-ortho nitro benzene ring substituents is 1. The Balaban J connectivity index is 0.000000193. The second-order valence-corrected chi connectivity index (χ2v) is 21.3. The van der Waals surface area contributed by atoms with Crippen LogP contribution in [0.1, 0.15) is 99.3 Å². The van der Waals surface area contributed by atoms with Gasteiger partial charge in [-0.05, 0) is 82.8 Å². The molecular formula is C50H74Cl2N2O15. The number of allylic oxidation sites excluding steroid dienone is 2. The molecule has 388 valence electrons. The Kier molecular flexibility index (Phi) is 18.9. The maximum absolute atomic E-state index is 12.6. The summed E-state index contributed by atoms with van der Waals surface area (Å²) < 4.78 is 52.5. The molecule has 3 saturated carbocycles. The monoisotopic (exact) mass is 1010 g/mol. The Morgan fingerprint density at radius 2 is 1.26 bits per heavy atom. The van der Waals surface area contributed by atoms with Crippen LogP contribution in [0.5, 0.6) is 5.75 Å². The van der Waals surface area contributed by atoms with Crippen molar-refractivity contribution in [2.24, 2.45) is 23.7 Å². The third-order valence-corrected chi connectivity index (χ3v) is 14.7. The number of likely N-dealkylation sites (tertiary alicyclic amines) is 1. The standard InChI is InChI=1S/C23H29NO8.C21H33NO6.C5H10O.CH2Cl2/c1-14(2)5-10-18-22(3,32-18)20-19(28-4)17(11-12-23(20)13-29-23)31-21(25)30-16-8-6-15(7-9-16)24(26)27;1-13(2)5-6-16-20(3,28-16)18-17(25-4)15(7-9-21(18)12-26-21)27-19(24)22-10-8-14(23)11-22;6-5-3-1-2-4-5;2-1-3/h5-10,14,17-20H,11-13H2,1-4H3;5-6,13-18,23H,7-12H2,1-4H3;5-6H,1-4H2;1H2/b10-5+;6-5+;;/t17-,18-,19-,20?,22-,23+;14?,15-,16-,17-,18?,20-,21+;;/m11../s1. The Morgan fingerprint density at radius 3 is 1.62 bits per heavy atom. The number of epoxide rings is 4. The first-order valence-corrected chi connectivity index (χ1v) is 25.5. The van der Waals surface area contributed by atoms with Gasteiger partial charge in [-0.3, -0.25) is 10.1 Å². The highest BCUT2D eigenvalue weighted by molar-refractivity contribution is 6.40. The van der Waals surface area contributed by atoms with Gasteiger partial charge in [-0.2, -0.15) is 0 Å². The minimum Gasteiger partial charge on any atom is -0.443 e. The maximum Gasteiger partial charge on any atom is 0.514 e. The first kappa shape index (κ1) is 55.2. The first-order valence-electron chi connectivity index (χ1n) is 24.4. The molecule has 0 aromatic heterocycles. The van der Waals surface area contributed by atoms with E-state index in [1.807, 2.05) is 0 Å². The van der Waals surface area contributed by atoms with E-state index in [1.54, 1.807) is 19.1 Å². The van der Waals surface area contributed by atoms with E-state index >= 15 is 0 Å². The van der Waals surface area contributed by atoms with Crippen LogP contribution in [0.2, 0.25) is 0 Å². The highest BCUT2D eigenvalue weighted by Crippen LogP contribution is 2.60. The third kappa shape index (κ3) is 13.7. The molecule has 69 heavy (non-hydrogen) atoms. The summed E-state index contributed by atoms with van der Waals surface area (Å²) in [4.78, 5) is 36.8. The molecule has 3 unspecified atom stereocenters. The molecule has 1 aromatic rings. The number of carbonyl (C=O) groups is 2. The van der Waals surface area contributed by atoms with Gasteiger partial charge in [0.05, 0.1) is 47.5 Å². The second kappa shape index (κ2) is 23.6. The highest BCUT2D eigenvalue weighted by atomic mass is 35.5. The fourth-order valence-corrected chi connectivity index (χ4v) is 10.8. The van der Waals surface area contributed by atoms with Crippen LogP contribution < -0.4 is 4.74 Å². The quantitative estimate of drug-likeness (QED) is 0.0382. The molecule has 0 radical (unpaired) electrons. The molecule has 8 aliphatic rings. The summed E-state index contributed by atoms with van der Waals surface area (Å²) in [5.41, 5.74) is -1.49. The van der Waals surface area contributed by atoms with Crippen molar-refractivity contribution >= 4 is 41.1 Å². The van der Waals surface area contributed by atoms with Crippen LogP contribution >= 0.6 is 23.2 Å². The van der Waals surface area contributed by atoms with E-state index in [4.69, 9.17) is 70.9 Å². The van der Waals surface area contributed by atoms with Crippen LogP contribution in [0.25, 0.3) is 0 Å². The number of nitrogens with zero attached hydrogens (tertiary/aromatic N) is 2. The van der Waals surface area contributed by atoms with Gasteiger partial charge in [0.25, 0.3) is 5.69 Å². The van der Waals surface area contributed by atoms with Gasteiger partial charge in [0.2, 0.25) is 0 Å². The number of β-amino-alcohol motifs (C(OH)–C–C–N with tert-alkyl or cyclic N) is 1. The Morgan fingerprint density at radius 1 is 0.797 bits per heavy atom. The summed E-state index contributed by atoms with van der Waals surface area (Å²) >= 11 is 9.53. The lowest BCUT2D eigenvalue weighted by molar-refractivity contribution is -0.384. The van der Waals surface area contributed by atoms with E-state index in [1.165, 1.54) is 37.1 Å². The second-order valence-electron chi connectivity index (χ2n) is 20.5. The van der Waals surface area contributed by atoms with E-state index in [0.29, 0.717) is 57.4 Å². The Bertz CT molecular complexity index is 1920. The molecule has 2 N–H and O–H groups in total. The van der Waals surface area contributed by atoms with Crippen molar-refractivity contribution in [1.29, 1.82) is 0 Å². The van der Waals surface area contributed by atoms with Crippen LogP contribution in [0, 0.1) is 33.8 Å². The first-order chi connectivity index (χ1) is 32.8. The molecule has 5 aliphatic heterocycles. The zero-order chi connectivity index (χ0) is 50.3. The minimum atomic E-state index is -0.879. The molecule has 17 nitrogen and oxygen atoms in total. The van der Waals surface area contributed by atoms with Crippen LogP contribution in [0.3, 0.4) is 0 Å². The number of benzene rings is 1. The molecule has 19 heteroatoms. The molecular weight excluding hydrogens is 939 g/mol. The number of alkyl halides is 2. The largest absolute Gasteiger partial charge is 0.514 e. The summed E-state index contributed by atoms with van der Waals surface area (Å²) in [7, 11) is 3.27. The zero-order valence-corrected chi connectivity index (χ0v) is 42.8. The number of aliphatic hydroxyl groups excluding tert-OH is 2. The molecule has 3 aliphatic carbocycles. The predicted molar refractivity (Wildman–Crippen MR) is 256 cm³/mol. The third-order valence-electron chi connectivity index (χ3n) is 14.7. The zero-order valence-electron chi connectivity index (χ0n) is 41.3. The molecule has 5 heterocycles. The van der Waals surface area contributed by atoms with Crippen molar-refractivity contribution in [3.63, 3.8) is 0 Å². The van der Waals surface area contributed by atoms with Gasteiger partial charge in [-0.25, -0.2) is 9.59 Å². The van der Waals surface area contributed by atoms with Crippen molar-refractivity contribution in [3.8, 4) is 5.75 Å². The van der Waals surface area contributed by atoms with E-state index in [-0.39, 0.29) is 82.0 Å². The lowest BCUT2D eigenvalue weighted by Gasteiger charge is -2.42. The molecule has 0 bridgehead atoms. The Hall–Kier alpha value is -3.10. The van der Waals surface area contributed by atoms with Crippen molar-refractivity contribution in [2.45, 2.75) is 171 Å². The number of nitro benzene ring substituents is 1. The number of carbonyl (C=O) groups excluding carboxylic acids is 2. The predicted octanol–water partition coefficient (Wildman–Crippen LogP) is 8.51. The smallest absolute Gasteiger partial charge is 0.443 e. The van der Waals surface area contributed by atoms with Gasteiger partial charge in [-0.1, -0.05) is 64.8 Å². The average Bonchev–Trinajstić information content (AvgIpc) is 4.28. The number of aliphatic hydroxyl groups is 2. The lowest BCUT2D eigenvalue weighted by atomic mass is 9.68. The average molecular weight is 1010 g/mol. The number of amides is 1. The summed E-state index contributed by atoms with van der Waals surface area (Å²) in [6.45, 7) is 14.9. The molecule has 1 amide bonds. The molecule has 8 fully saturated rings. The molecule has 1 aromatic carbocycles. The summed E-state index contributed by atoms with van der Waals surface area (Å²) in [5.74, 6) is 0.952. The molecule has 13 atom stereocenters. The number of halogens is 2. The summed E-state index contributed by atoms with van der Waals surface area (Å²) in [6.07, 6.45) is 13.3. The van der Waals surface area contributed by atoms with Gasteiger partial charge in [0, 0.05) is 39.4 Å². The molecule has 2 spiro atoms. The van der Waals surface area contributed by atoms with Crippen LogP contribution in [-0.4, -0.2) is 149 Å². The van der Waals surface area contributed by atoms with Gasteiger partial charge in [0.15, 0.2) is 0 Å². The van der Waals surface area contributed by atoms with Gasteiger partial charge < -0.3 is 57.7 Å². The normalized spacial score (nSPS) is 37.4. The van der Waals surface area contributed by atoms with Crippen LogP contribution in [-0.2, 0) is 37.9 Å². The SMILES string of the molecule is CO[C@H]1C([C@]2(C)O[C@@H]2/C=C/C(C)C)[C@]2(CC[C@H]1OC(=O)N1CCC(O)C1)CO2.CO[C@H]1C([C@]2(C)O[C@@H]2/C=C/C(C)C)[C@]2(CC[C@H]1OC(=O)Oc1ccc([N+](=O)[O-])cc1)CO2.ClCCl.OC1CCCC1. The number of hydrogen-bond donors (Lipinski definition) is 2. The molecule has 5 saturated heterocycles. The highest BCUT2D eigenvalue weighted by Gasteiger charge is 2.73. The van der Waals surface area contributed by atoms with Gasteiger partial charge in [0.1, 0.15) is 64.8 Å². The Labute approximate surface area is 416 Å². The summed E-state index contributed by atoms with van der Waals surface area (Å²) in [5, 5.41) is 29.4. The van der Waals surface area contributed by atoms with Gasteiger partial charge in [-0.15, -0.1) is 23.2 Å².